The molecule has 0 aliphatic carbocycles. The standard InChI is InChI=1S/C10H13N5O2S/c1-7-5-8(3-4-9(7)11)18(16,17)14-10-12-6-13-15(10)2/h3-6H,11H2,1-2H3,(H,12,13,14). The second-order valence-corrected chi connectivity index (χ2v) is 5.51. The molecule has 1 aromatic carbocycles. The van der Waals surface area contributed by atoms with Gasteiger partial charge in [0.1, 0.15) is 6.33 Å². The number of nitrogens with two attached hydrogens (primary N) is 1. The van der Waals surface area contributed by atoms with Crippen LogP contribution in [-0.4, -0.2) is 23.2 Å². The first-order chi connectivity index (χ1) is 8.40. The van der Waals surface area contributed by atoms with Crippen molar-refractivity contribution in [2.24, 2.45) is 7.05 Å². The zero-order valence-electron chi connectivity index (χ0n) is 9.95. The number of hydrogen-bond donors (Lipinski definition) is 2. The minimum atomic E-state index is -3.67. The highest BCUT2D eigenvalue weighted by Crippen LogP contribution is 2.18. The fourth-order valence-corrected chi connectivity index (χ4v) is 2.51. The Kier molecular flexibility index (Phi) is 2.95. The Bertz CT molecular complexity index is 677. The first kappa shape index (κ1) is 12.4. The molecule has 18 heavy (non-hydrogen) atoms. The van der Waals surface area contributed by atoms with Crippen LogP contribution in [0, 0.1) is 6.92 Å². The maximum Gasteiger partial charge on any atom is 0.264 e. The Morgan fingerprint density at radius 2 is 2.11 bits per heavy atom. The van der Waals surface area contributed by atoms with E-state index in [0.717, 1.165) is 0 Å². The molecular formula is C10H13N5O2S. The van der Waals surface area contributed by atoms with Crippen molar-refractivity contribution in [3.63, 3.8) is 0 Å². The molecule has 0 spiro atoms. The third-order valence-electron chi connectivity index (χ3n) is 2.49. The summed E-state index contributed by atoms with van der Waals surface area (Å²) in [5.41, 5.74) is 6.90. The Labute approximate surface area is 105 Å². The molecule has 0 saturated heterocycles. The average Bonchev–Trinajstić information content (AvgIpc) is 2.67. The molecule has 0 aliphatic rings. The van der Waals surface area contributed by atoms with Crippen molar-refractivity contribution in [1.29, 1.82) is 0 Å². The predicted molar refractivity (Wildman–Crippen MR) is 67.4 cm³/mol. The summed E-state index contributed by atoms with van der Waals surface area (Å²) in [5.74, 6) is 0.157. The first-order valence-electron chi connectivity index (χ1n) is 5.13. The van der Waals surface area contributed by atoms with Crippen molar-refractivity contribution in [1.82, 2.24) is 14.8 Å². The number of rotatable bonds is 3. The summed E-state index contributed by atoms with van der Waals surface area (Å²) in [6, 6.07) is 4.51. The number of hydrogen-bond acceptors (Lipinski definition) is 5. The van der Waals surface area contributed by atoms with Crippen LogP contribution in [0.5, 0.6) is 0 Å². The summed E-state index contributed by atoms with van der Waals surface area (Å²) in [6.07, 6.45) is 1.27. The van der Waals surface area contributed by atoms with E-state index in [2.05, 4.69) is 14.8 Å². The maximum absolute atomic E-state index is 12.1. The molecule has 1 aromatic heterocycles. The van der Waals surface area contributed by atoms with Crippen LogP contribution in [0.4, 0.5) is 11.6 Å². The number of aromatic nitrogens is 3. The Morgan fingerprint density at radius 1 is 1.39 bits per heavy atom. The predicted octanol–water partition coefficient (Wildman–Crippen LogP) is 0.507. The van der Waals surface area contributed by atoms with Crippen molar-refractivity contribution in [2.75, 3.05) is 10.5 Å². The average molecular weight is 267 g/mol. The van der Waals surface area contributed by atoms with Crippen LogP contribution < -0.4 is 10.5 Å². The zero-order valence-corrected chi connectivity index (χ0v) is 10.8. The van der Waals surface area contributed by atoms with E-state index in [-0.39, 0.29) is 10.8 Å². The summed E-state index contributed by atoms with van der Waals surface area (Å²) in [4.78, 5) is 3.94. The van der Waals surface area contributed by atoms with Crippen LogP contribution in [0.1, 0.15) is 5.56 Å². The molecule has 2 aromatic rings. The number of anilines is 2. The topological polar surface area (TPSA) is 103 Å². The van der Waals surface area contributed by atoms with E-state index in [1.165, 1.54) is 23.1 Å². The van der Waals surface area contributed by atoms with Gasteiger partial charge in [-0.2, -0.15) is 10.1 Å². The molecule has 3 N–H and O–H groups in total. The molecule has 0 radical (unpaired) electrons. The molecule has 0 fully saturated rings. The SMILES string of the molecule is Cc1cc(S(=O)(=O)Nc2ncnn2C)ccc1N. The minimum absolute atomic E-state index is 0.136. The Morgan fingerprint density at radius 3 is 2.67 bits per heavy atom. The van der Waals surface area contributed by atoms with Gasteiger partial charge in [-0.3, -0.25) is 0 Å². The third-order valence-corrected chi connectivity index (χ3v) is 3.81. The number of benzene rings is 1. The lowest BCUT2D eigenvalue weighted by molar-refractivity contribution is 0.600. The normalized spacial score (nSPS) is 11.4. The van der Waals surface area contributed by atoms with Crippen molar-refractivity contribution in [3.05, 3.63) is 30.1 Å². The van der Waals surface area contributed by atoms with Crippen molar-refractivity contribution in [3.8, 4) is 0 Å². The molecule has 96 valence electrons. The van der Waals surface area contributed by atoms with Crippen LogP contribution in [0.25, 0.3) is 0 Å². The van der Waals surface area contributed by atoms with E-state index in [0.29, 0.717) is 11.3 Å². The van der Waals surface area contributed by atoms with E-state index >= 15 is 0 Å². The molecule has 0 bridgehead atoms. The first-order valence-corrected chi connectivity index (χ1v) is 6.61. The molecule has 0 unspecified atom stereocenters. The highest BCUT2D eigenvalue weighted by Gasteiger charge is 2.17. The molecule has 1 heterocycles. The second-order valence-electron chi connectivity index (χ2n) is 3.83. The van der Waals surface area contributed by atoms with E-state index in [9.17, 15) is 8.42 Å². The van der Waals surface area contributed by atoms with Crippen LogP contribution in [-0.2, 0) is 17.1 Å². The fraction of sp³-hybridized carbons (Fsp3) is 0.200. The van der Waals surface area contributed by atoms with Gasteiger partial charge in [0.25, 0.3) is 10.0 Å². The monoisotopic (exact) mass is 267 g/mol. The van der Waals surface area contributed by atoms with Gasteiger partial charge in [-0.05, 0) is 30.7 Å². The van der Waals surface area contributed by atoms with Gasteiger partial charge >= 0.3 is 0 Å². The summed E-state index contributed by atoms with van der Waals surface area (Å²) in [6.45, 7) is 1.75. The van der Waals surface area contributed by atoms with Crippen molar-refractivity contribution >= 4 is 21.7 Å². The third kappa shape index (κ3) is 2.28. The minimum Gasteiger partial charge on any atom is -0.399 e. The van der Waals surface area contributed by atoms with Gasteiger partial charge in [-0.15, -0.1) is 0 Å². The van der Waals surface area contributed by atoms with E-state index in [1.807, 2.05) is 0 Å². The van der Waals surface area contributed by atoms with Gasteiger partial charge in [0.05, 0.1) is 4.90 Å². The van der Waals surface area contributed by atoms with Gasteiger partial charge in [-0.25, -0.2) is 17.8 Å². The van der Waals surface area contributed by atoms with Crippen molar-refractivity contribution in [2.45, 2.75) is 11.8 Å². The number of aryl methyl sites for hydroxylation is 2. The summed E-state index contributed by atoms with van der Waals surface area (Å²) < 4.78 is 27.8. The van der Waals surface area contributed by atoms with Gasteiger partial charge in [0.15, 0.2) is 0 Å². The Balaban J connectivity index is 2.37. The molecular weight excluding hydrogens is 254 g/mol. The highest BCUT2D eigenvalue weighted by atomic mass is 32.2. The zero-order chi connectivity index (χ0) is 13.3. The summed E-state index contributed by atoms with van der Waals surface area (Å²) >= 11 is 0. The van der Waals surface area contributed by atoms with Crippen LogP contribution in [0.2, 0.25) is 0 Å². The van der Waals surface area contributed by atoms with E-state index in [1.54, 1.807) is 20.0 Å². The molecule has 7 nitrogen and oxygen atoms in total. The number of nitrogens with zero attached hydrogens (tertiary/aromatic N) is 3. The smallest absolute Gasteiger partial charge is 0.264 e. The van der Waals surface area contributed by atoms with Gasteiger partial charge in [0, 0.05) is 12.7 Å². The number of nitrogen functional groups attached to an aromatic ring is 1. The van der Waals surface area contributed by atoms with Gasteiger partial charge < -0.3 is 5.73 Å². The number of sulfonamides is 1. The quantitative estimate of drug-likeness (QED) is 0.788. The molecule has 0 amide bonds. The maximum atomic E-state index is 12.1. The van der Waals surface area contributed by atoms with Crippen LogP contribution in [0.15, 0.2) is 29.4 Å². The van der Waals surface area contributed by atoms with Gasteiger partial charge in [0.2, 0.25) is 5.95 Å². The molecule has 0 saturated carbocycles. The summed E-state index contributed by atoms with van der Waals surface area (Å²) in [5, 5.41) is 3.78. The molecule has 8 heteroatoms. The highest BCUT2D eigenvalue weighted by molar-refractivity contribution is 7.92. The largest absolute Gasteiger partial charge is 0.399 e. The molecule has 0 aliphatic heterocycles. The summed E-state index contributed by atoms with van der Waals surface area (Å²) in [7, 11) is -2.08. The van der Waals surface area contributed by atoms with E-state index in [4.69, 9.17) is 5.73 Å². The van der Waals surface area contributed by atoms with Crippen LogP contribution >= 0.6 is 0 Å². The second kappa shape index (κ2) is 4.30. The Hall–Kier alpha value is -2.09. The number of nitrogens with one attached hydrogen (secondary N) is 1. The van der Waals surface area contributed by atoms with Gasteiger partial charge in [-0.1, -0.05) is 0 Å². The molecule has 0 atom stereocenters. The van der Waals surface area contributed by atoms with E-state index < -0.39 is 10.0 Å². The van der Waals surface area contributed by atoms with Crippen LogP contribution in [0.3, 0.4) is 0 Å². The lowest BCUT2D eigenvalue weighted by atomic mass is 10.2. The lowest BCUT2D eigenvalue weighted by Gasteiger charge is -2.08. The fourth-order valence-electron chi connectivity index (χ4n) is 1.38. The lowest BCUT2D eigenvalue weighted by Crippen LogP contribution is -2.16. The van der Waals surface area contributed by atoms with Crippen molar-refractivity contribution < 1.29 is 8.42 Å². The molecule has 2 rings (SSSR count).